The van der Waals surface area contributed by atoms with Gasteiger partial charge in [-0.2, -0.15) is 0 Å². The van der Waals surface area contributed by atoms with Crippen LogP contribution in [0.25, 0.3) is 0 Å². The highest BCUT2D eigenvalue weighted by Gasteiger charge is 2.16. The summed E-state index contributed by atoms with van der Waals surface area (Å²) in [6, 6.07) is 5.39. The molecule has 1 aliphatic rings. The first-order valence-corrected chi connectivity index (χ1v) is 7.49. The van der Waals surface area contributed by atoms with E-state index in [0.717, 1.165) is 30.8 Å². The molecule has 1 fully saturated rings. The van der Waals surface area contributed by atoms with Crippen LogP contribution in [0.2, 0.25) is 5.02 Å². The fraction of sp³-hybridized carbons (Fsp3) is 0.462. The molecule has 98 valence electrons. The molecule has 1 aliphatic heterocycles. The summed E-state index contributed by atoms with van der Waals surface area (Å²) in [7, 11) is 0. The van der Waals surface area contributed by atoms with Gasteiger partial charge in [-0.05, 0) is 37.5 Å². The van der Waals surface area contributed by atoms with Gasteiger partial charge in [-0.1, -0.05) is 11.6 Å². The molecule has 0 aromatic heterocycles. The van der Waals surface area contributed by atoms with Gasteiger partial charge in [0, 0.05) is 23.7 Å². The lowest BCUT2D eigenvalue weighted by molar-refractivity contribution is -0.129. The molecule has 2 N–H and O–H groups in total. The van der Waals surface area contributed by atoms with Gasteiger partial charge < -0.3 is 10.6 Å². The zero-order valence-corrected chi connectivity index (χ0v) is 11.8. The number of hydrogen-bond acceptors (Lipinski definition) is 3. The molecule has 1 aromatic rings. The summed E-state index contributed by atoms with van der Waals surface area (Å²) in [6.07, 6.45) is 3.48. The molecule has 1 aromatic carbocycles. The second kappa shape index (κ2) is 6.34. The van der Waals surface area contributed by atoms with Gasteiger partial charge in [-0.15, -0.1) is 11.8 Å². The number of anilines is 1. The Hall–Kier alpha value is -0.870. The van der Waals surface area contributed by atoms with Gasteiger partial charge in [-0.3, -0.25) is 4.79 Å². The topological polar surface area (TPSA) is 46.3 Å². The molecule has 0 unspecified atom stereocenters. The number of hydrogen-bond donors (Lipinski definition) is 1. The zero-order chi connectivity index (χ0) is 13.0. The van der Waals surface area contributed by atoms with E-state index in [4.69, 9.17) is 17.3 Å². The second-order valence-electron chi connectivity index (χ2n) is 4.42. The van der Waals surface area contributed by atoms with Crippen LogP contribution < -0.4 is 5.73 Å². The molecule has 0 radical (unpaired) electrons. The number of halogens is 1. The Morgan fingerprint density at radius 2 is 2.06 bits per heavy atom. The third-order valence-electron chi connectivity index (χ3n) is 3.02. The summed E-state index contributed by atoms with van der Waals surface area (Å²) >= 11 is 7.55. The summed E-state index contributed by atoms with van der Waals surface area (Å²) in [6.45, 7) is 1.80. The van der Waals surface area contributed by atoms with Gasteiger partial charge in [0.15, 0.2) is 0 Å². The summed E-state index contributed by atoms with van der Waals surface area (Å²) in [5, 5.41) is 0.617. The molecule has 0 atom stereocenters. The average molecular weight is 285 g/mol. The Morgan fingerprint density at radius 3 is 2.72 bits per heavy atom. The van der Waals surface area contributed by atoms with Gasteiger partial charge in [-0.25, -0.2) is 0 Å². The first kappa shape index (κ1) is 13.6. The van der Waals surface area contributed by atoms with Crippen LogP contribution in [0, 0.1) is 0 Å². The van der Waals surface area contributed by atoms with E-state index in [-0.39, 0.29) is 5.91 Å². The van der Waals surface area contributed by atoms with Gasteiger partial charge in [0.2, 0.25) is 5.91 Å². The molecule has 0 bridgehead atoms. The van der Waals surface area contributed by atoms with Crippen molar-refractivity contribution in [3.8, 4) is 0 Å². The van der Waals surface area contributed by atoms with Crippen molar-refractivity contribution in [2.24, 2.45) is 0 Å². The number of nitrogen functional groups attached to an aromatic ring is 1. The van der Waals surface area contributed by atoms with Crippen LogP contribution in [-0.2, 0) is 4.79 Å². The summed E-state index contributed by atoms with van der Waals surface area (Å²) in [5.41, 5.74) is 6.28. The molecular formula is C13H17ClN2OS. The number of rotatable bonds is 3. The van der Waals surface area contributed by atoms with Gasteiger partial charge in [0.25, 0.3) is 0 Å². The molecule has 1 heterocycles. The van der Waals surface area contributed by atoms with E-state index in [0.29, 0.717) is 16.5 Å². The van der Waals surface area contributed by atoms with Crippen LogP contribution in [-0.4, -0.2) is 29.6 Å². The van der Waals surface area contributed by atoms with Crippen LogP contribution in [0.15, 0.2) is 23.1 Å². The third kappa shape index (κ3) is 3.56. The van der Waals surface area contributed by atoms with E-state index in [1.807, 2.05) is 11.0 Å². The number of benzene rings is 1. The molecule has 0 aliphatic carbocycles. The first-order valence-electron chi connectivity index (χ1n) is 6.12. The number of piperidine rings is 1. The largest absolute Gasteiger partial charge is 0.399 e. The maximum Gasteiger partial charge on any atom is 0.232 e. The van der Waals surface area contributed by atoms with Crippen LogP contribution in [0.5, 0.6) is 0 Å². The highest BCUT2D eigenvalue weighted by molar-refractivity contribution is 8.00. The number of carbonyl (C=O) groups excluding carboxylic acids is 1. The van der Waals surface area contributed by atoms with Crippen molar-refractivity contribution in [2.75, 3.05) is 24.6 Å². The SMILES string of the molecule is Nc1ccc(SCC(=O)N2CCCCC2)c(Cl)c1. The highest BCUT2D eigenvalue weighted by Crippen LogP contribution is 2.29. The lowest BCUT2D eigenvalue weighted by Crippen LogP contribution is -2.36. The van der Waals surface area contributed by atoms with Gasteiger partial charge in [0.05, 0.1) is 10.8 Å². The predicted octanol–water partition coefficient (Wildman–Crippen LogP) is 3.03. The van der Waals surface area contributed by atoms with Crippen LogP contribution in [0.3, 0.4) is 0 Å². The van der Waals surface area contributed by atoms with Crippen molar-refractivity contribution in [3.63, 3.8) is 0 Å². The van der Waals surface area contributed by atoms with Gasteiger partial charge >= 0.3 is 0 Å². The lowest BCUT2D eigenvalue weighted by atomic mass is 10.1. The first-order chi connectivity index (χ1) is 8.66. The molecule has 0 saturated carbocycles. The van der Waals surface area contributed by atoms with Crippen LogP contribution >= 0.6 is 23.4 Å². The Bertz CT molecular complexity index is 433. The van der Waals surface area contributed by atoms with Crippen molar-refractivity contribution < 1.29 is 4.79 Å². The minimum Gasteiger partial charge on any atom is -0.399 e. The Labute approximate surface area is 117 Å². The van der Waals surface area contributed by atoms with Crippen molar-refractivity contribution in [2.45, 2.75) is 24.2 Å². The number of nitrogens with zero attached hydrogens (tertiary/aromatic N) is 1. The summed E-state index contributed by atoms with van der Waals surface area (Å²) in [4.78, 5) is 14.8. The lowest BCUT2D eigenvalue weighted by Gasteiger charge is -2.26. The maximum atomic E-state index is 12.0. The Morgan fingerprint density at radius 1 is 1.33 bits per heavy atom. The monoisotopic (exact) mass is 284 g/mol. The van der Waals surface area contributed by atoms with Crippen molar-refractivity contribution in [1.82, 2.24) is 4.90 Å². The van der Waals surface area contributed by atoms with E-state index in [9.17, 15) is 4.79 Å². The number of likely N-dealkylation sites (tertiary alicyclic amines) is 1. The predicted molar refractivity (Wildman–Crippen MR) is 77.0 cm³/mol. The molecule has 5 heteroatoms. The second-order valence-corrected chi connectivity index (χ2v) is 5.84. The fourth-order valence-corrected chi connectivity index (χ4v) is 3.18. The molecule has 1 saturated heterocycles. The van der Waals surface area contributed by atoms with E-state index >= 15 is 0 Å². The summed E-state index contributed by atoms with van der Waals surface area (Å²) < 4.78 is 0. The van der Waals surface area contributed by atoms with E-state index in [2.05, 4.69) is 0 Å². The molecular weight excluding hydrogens is 268 g/mol. The van der Waals surface area contributed by atoms with Crippen molar-refractivity contribution in [1.29, 1.82) is 0 Å². The Kier molecular flexibility index (Phi) is 4.78. The molecule has 0 spiro atoms. The van der Waals surface area contributed by atoms with Gasteiger partial charge in [0.1, 0.15) is 0 Å². The quantitative estimate of drug-likeness (QED) is 0.685. The molecule has 2 rings (SSSR count). The molecule has 1 amide bonds. The van der Waals surface area contributed by atoms with Crippen LogP contribution in [0.4, 0.5) is 5.69 Å². The smallest absolute Gasteiger partial charge is 0.232 e. The van der Waals surface area contributed by atoms with Crippen molar-refractivity contribution >= 4 is 35.0 Å². The average Bonchev–Trinajstić information content (AvgIpc) is 2.38. The highest BCUT2D eigenvalue weighted by atomic mass is 35.5. The standard InChI is InChI=1S/C13H17ClN2OS/c14-11-8-10(15)4-5-12(11)18-9-13(17)16-6-2-1-3-7-16/h4-5,8H,1-3,6-7,9,15H2. The molecule has 3 nitrogen and oxygen atoms in total. The van der Waals surface area contributed by atoms with Crippen molar-refractivity contribution in [3.05, 3.63) is 23.2 Å². The van der Waals surface area contributed by atoms with E-state index in [1.54, 1.807) is 12.1 Å². The number of carbonyl (C=O) groups is 1. The minimum absolute atomic E-state index is 0.201. The Balaban J connectivity index is 1.88. The number of amides is 1. The maximum absolute atomic E-state index is 12.0. The van der Waals surface area contributed by atoms with E-state index < -0.39 is 0 Å². The fourth-order valence-electron chi connectivity index (χ4n) is 2.01. The minimum atomic E-state index is 0.201. The third-order valence-corrected chi connectivity index (χ3v) is 4.50. The zero-order valence-electron chi connectivity index (χ0n) is 10.2. The van der Waals surface area contributed by atoms with Crippen LogP contribution in [0.1, 0.15) is 19.3 Å². The molecule has 18 heavy (non-hydrogen) atoms. The van der Waals surface area contributed by atoms with E-state index in [1.165, 1.54) is 18.2 Å². The summed E-state index contributed by atoms with van der Waals surface area (Å²) in [5.74, 6) is 0.650. The number of nitrogens with two attached hydrogens (primary N) is 1. The number of thioether (sulfide) groups is 1. The normalized spacial score (nSPS) is 15.7.